The largest absolute Gasteiger partial charge is 0.390 e. The normalized spacial score (nSPS) is 50.1. The summed E-state index contributed by atoms with van der Waals surface area (Å²) in [6.07, 6.45) is 18.5. The molecule has 5 rings (SSSR count). The molecule has 5 aliphatic rings. The molecule has 0 aromatic heterocycles. The molecular formula is C28H46O2. The fourth-order valence-corrected chi connectivity index (χ4v) is 9.00. The van der Waals surface area contributed by atoms with Crippen LogP contribution >= 0.6 is 0 Å². The predicted molar refractivity (Wildman–Crippen MR) is 123 cm³/mol. The van der Waals surface area contributed by atoms with Gasteiger partial charge in [0, 0.05) is 0 Å². The van der Waals surface area contributed by atoms with E-state index < -0.39 is 11.2 Å². The number of rotatable bonds is 5. The lowest BCUT2D eigenvalue weighted by Crippen LogP contribution is -2.51. The van der Waals surface area contributed by atoms with Crippen molar-refractivity contribution in [3.8, 4) is 0 Å². The third-order valence-corrected chi connectivity index (χ3v) is 11.3. The second-order valence-corrected chi connectivity index (χ2v) is 13.3. The highest BCUT2D eigenvalue weighted by atomic mass is 16.3. The smallest absolute Gasteiger partial charge is 0.0657 e. The lowest BCUT2D eigenvalue weighted by molar-refractivity contribution is -0.0666. The molecule has 4 saturated carbocycles. The van der Waals surface area contributed by atoms with E-state index in [-0.39, 0.29) is 0 Å². The van der Waals surface area contributed by atoms with Crippen molar-refractivity contribution in [1.29, 1.82) is 0 Å². The summed E-state index contributed by atoms with van der Waals surface area (Å²) < 4.78 is 0. The topological polar surface area (TPSA) is 40.5 Å². The van der Waals surface area contributed by atoms with Crippen LogP contribution in [0.5, 0.6) is 0 Å². The molecule has 8 atom stereocenters. The summed E-state index contributed by atoms with van der Waals surface area (Å²) in [5.74, 6) is 4.03. The average Bonchev–Trinajstić information content (AvgIpc) is 3.47. The molecule has 2 heteroatoms. The Hall–Kier alpha value is -0.340. The molecule has 0 amide bonds. The van der Waals surface area contributed by atoms with Gasteiger partial charge >= 0.3 is 0 Å². The number of allylic oxidation sites excluding steroid dienone is 1. The van der Waals surface area contributed by atoms with Crippen molar-refractivity contribution in [2.24, 2.45) is 40.4 Å². The van der Waals surface area contributed by atoms with Crippen LogP contribution in [0.15, 0.2) is 11.6 Å². The molecule has 5 aliphatic carbocycles. The van der Waals surface area contributed by atoms with Crippen molar-refractivity contribution in [1.82, 2.24) is 0 Å². The molecule has 0 aromatic carbocycles. The standard InChI is InChI=1S/C28H46O2/c1-25(29)16-17-27(3)21(18-25)9-11-22-23-12-10-19(26(23,2)15-13-24(22)27)6-5-14-28(4,30)20-7-8-20/h9,19-20,22-24,29-30H,5-8,10-18H2,1-4H3/t19-,22-,23-,24-,25-,26+,27-,28+/m0/s1. The summed E-state index contributed by atoms with van der Waals surface area (Å²) in [6, 6.07) is 0. The summed E-state index contributed by atoms with van der Waals surface area (Å²) in [6.45, 7) is 9.31. The molecule has 0 saturated heterocycles. The Morgan fingerprint density at radius 2 is 1.77 bits per heavy atom. The van der Waals surface area contributed by atoms with E-state index in [0.717, 1.165) is 42.9 Å². The van der Waals surface area contributed by atoms with E-state index >= 15 is 0 Å². The van der Waals surface area contributed by atoms with Gasteiger partial charge in [-0.1, -0.05) is 31.9 Å². The minimum absolute atomic E-state index is 0.341. The quantitative estimate of drug-likeness (QED) is 0.495. The van der Waals surface area contributed by atoms with E-state index in [4.69, 9.17) is 0 Å². The van der Waals surface area contributed by atoms with Gasteiger partial charge in [-0.25, -0.2) is 0 Å². The van der Waals surface area contributed by atoms with E-state index in [1.807, 2.05) is 6.92 Å². The van der Waals surface area contributed by atoms with Gasteiger partial charge in [-0.05, 0) is 131 Å². The predicted octanol–water partition coefficient (Wildman–Crippen LogP) is 6.65. The molecule has 4 fully saturated rings. The van der Waals surface area contributed by atoms with Crippen LogP contribution < -0.4 is 0 Å². The van der Waals surface area contributed by atoms with Gasteiger partial charge < -0.3 is 10.2 Å². The molecule has 2 N–H and O–H groups in total. The zero-order valence-electron chi connectivity index (χ0n) is 20.1. The van der Waals surface area contributed by atoms with E-state index in [0.29, 0.717) is 16.7 Å². The average molecular weight is 415 g/mol. The molecule has 170 valence electrons. The van der Waals surface area contributed by atoms with Crippen molar-refractivity contribution in [2.45, 2.75) is 122 Å². The van der Waals surface area contributed by atoms with Crippen molar-refractivity contribution in [2.75, 3.05) is 0 Å². The minimum Gasteiger partial charge on any atom is -0.390 e. The lowest BCUT2D eigenvalue weighted by atomic mass is 9.46. The number of aliphatic hydroxyl groups is 2. The first-order valence-electron chi connectivity index (χ1n) is 13.2. The van der Waals surface area contributed by atoms with Crippen molar-refractivity contribution in [3.63, 3.8) is 0 Å². The second-order valence-electron chi connectivity index (χ2n) is 13.3. The van der Waals surface area contributed by atoms with Crippen LogP contribution in [-0.4, -0.2) is 21.4 Å². The molecule has 0 radical (unpaired) electrons. The van der Waals surface area contributed by atoms with Gasteiger partial charge in [-0.3, -0.25) is 0 Å². The lowest BCUT2D eigenvalue weighted by Gasteiger charge is -2.59. The van der Waals surface area contributed by atoms with Crippen molar-refractivity contribution >= 4 is 0 Å². The van der Waals surface area contributed by atoms with E-state index in [1.165, 1.54) is 64.2 Å². The van der Waals surface area contributed by atoms with Crippen LogP contribution in [0.3, 0.4) is 0 Å². The Morgan fingerprint density at radius 3 is 2.50 bits per heavy atom. The first-order valence-corrected chi connectivity index (χ1v) is 13.2. The molecule has 30 heavy (non-hydrogen) atoms. The van der Waals surface area contributed by atoms with Crippen LogP contribution in [0.2, 0.25) is 0 Å². The van der Waals surface area contributed by atoms with Crippen LogP contribution in [-0.2, 0) is 0 Å². The number of hydrogen-bond donors (Lipinski definition) is 2. The summed E-state index contributed by atoms with van der Waals surface area (Å²) in [4.78, 5) is 0. The number of hydrogen-bond acceptors (Lipinski definition) is 2. The molecule has 0 spiro atoms. The fourth-order valence-electron chi connectivity index (χ4n) is 9.00. The molecule has 0 unspecified atom stereocenters. The van der Waals surface area contributed by atoms with Gasteiger partial charge in [0.15, 0.2) is 0 Å². The van der Waals surface area contributed by atoms with Gasteiger partial charge in [-0.15, -0.1) is 0 Å². The zero-order chi connectivity index (χ0) is 21.4. The Bertz CT molecular complexity index is 701. The maximum atomic E-state index is 10.7. The first kappa shape index (κ1) is 21.5. The Balaban J connectivity index is 1.27. The summed E-state index contributed by atoms with van der Waals surface area (Å²) in [7, 11) is 0. The second kappa shape index (κ2) is 7.08. The monoisotopic (exact) mass is 414 g/mol. The summed E-state index contributed by atoms with van der Waals surface area (Å²) in [5, 5.41) is 21.4. The van der Waals surface area contributed by atoms with Gasteiger partial charge in [0.2, 0.25) is 0 Å². The third-order valence-electron chi connectivity index (χ3n) is 11.3. The molecule has 0 heterocycles. The van der Waals surface area contributed by atoms with Gasteiger partial charge in [0.25, 0.3) is 0 Å². The molecule has 0 bridgehead atoms. The van der Waals surface area contributed by atoms with Crippen molar-refractivity contribution in [3.05, 3.63) is 11.6 Å². The van der Waals surface area contributed by atoms with Crippen LogP contribution in [0.1, 0.15) is 111 Å². The Morgan fingerprint density at radius 1 is 1.00 bits per heavy atom. The number of fused-ring (bicyclic) bond motifs is 5. The van der Waals surface area contributed by atoms with Crippen LogP contribution in [0, 0.1) is 40.4 Å². The minimum atomic E-state index is -0.485. The van der Waals surface area contributed by atoms with Crippen LogP contribution in [0.4, 0.5) is 0 Å². The van der Waals surface area contributed by atoms with E-state index in [9.17, 15) is 10.2 Å². The van der Waals surface area contributed by atoms with Gasteiger partial charge in [0.1, 0.15) is 0 Å². The highest BCUT2D eigenvalue weighted by Gasteiger charge is 2.58. The molecular weight excluding hydrogens is 368 g/mol. The first-order chi connectivity index (χ1) is 14.1. The molecule has 0 aliphatic heterocycles. The summed E-state index contributed by atoms with van der Waals surface area (Å²) >= 11 is 0. The highest BCUT2D eigenvalue weighted by Crippen LogP contribution is 2.67. The maximum absolute atomic E-state index is 10.7. The third kappa shape index (κ3) is 3.43. The Labute approximate surface area is 184 Å². The highest BCUT2D eigenvalue weighted by molar-refractivity contribution is 5.26. The fraction of sp³-hybridized carbons (Fsp3) is 0.929. The molecule has 2 nitrogen and oxygen atoms in total. The Kier molecular flexibility index (Phi) is 5.07. The summed E-state index contributed by atoms with van der Waals surface area (Å²) in [5.41, 5.74) is 1.56. The van der Waals surface area contributed by atoms with Gasteiger partial charge in [0.05, 0.1) is 11.2 Å². The maximum Gasteiger partial charge on any atom is 0.0657 e. The van der Waals surface area contributed by atoms with E-state index in [1.54, 1.807) is 5.57 Å². The zero-order valence-corrected chi connectivity index (χ0v) is 20.1. The van der Waals surface area contributed by atoms with Crippen molar-refractivity contribution < 1.29 is 10.2 Å². The van der Waals surface area contributed by atoms with Crippen LogP contribution in [0.25, 0.3) is 0 Å². The van der Waals surface area contributed by atoms with E-state index in [2.05, 4.69) is 26.8 Å². The molecule has 0 aromatic rings. The SMILES string of the molecule is C[C@]1(O)CC[C@@]2(C)C(=CC[C@H]3[C@@H]4CC[C@H](CCC[C@@](C)(O)C5CC5)[C@@]4(C)CC[C@@H]32)C1. The van der Waals surface area contributed by atoms with Gasteiger partial charge in [-0.2, -0.15) is 0 Å².